The van der Waals surface area contributed by atoms with Crippen molar-refractivity contribution < 1.29 is 4.79 Å². The van der Waals surface area contributed by atoms with E-state index in [0.717, 1.165) is 22.7 Å². The Hall–Kier alpha value is -1.88. The van der Waals surface area contributed by atoms with Crippen LogP contribution in [-0.4, -0.2) is 26.5 Å². The molecule has 1 aromatic heterocycles. The molecule has 0 N–H and O–H groups in total. The van der Waals surface area contributed by atoms with E-state index in [0.29, 0.717) is 13.0 Å². The number of hydrogen-bond donors (Lipinski definition) is 0. The van der Waals surface area contributed by atoms with Crippen LogP contribution < -0.4 is 0 Å². The Kier molecular flexibility index (Phi) is 4.20. The van der Waals surface area contributed by atoms with Crippen LogP contribution in [0.3, 0.4) is 0 Å². The predicted molar refractivity (Wildman–Crippen MR) is 83.6 cm³/mol. The summed E-state index contributed by atoms with van der Waals surface area (Å²) in [7, 11) is 0. The molecule has 0 radical (unpaired) electrons. The molecular weight excluding hydrogens is 282 g/mol. The molecule has 0 saturated carbocycles. The highest BCUT2D eigenvalue weighted by atomic mass is 32.2. The summed E-state index contributed by atoms with van der Waals surface area (Å²) in [5.74, 6) is 1.05. The van der Waals surface area contributed by atoms with Gasteiger partial charge in [0.15, 0.2) is 0 Å². The van der Waals surface area contributed by atoms with Crippen LogP contribution in [0.2, 0.25) is 0 Å². The molecular formula is C16H17N3OS. The minimum atomic E-state index is 0.0653. The normalized spacial score (nSPS) is 18.8. The quantitative estimate of drug-likeness (QED) is 0.874. The zero-order valence-corrected chi connectivity index (χ0v) is 12.7. The van der Waals surface area contributed by atoms with E-state index in [9.17, 15) is 4.79 Å². The smallest absolute Gasteiger partial charge is 0.224 e. The lowest BCUT2D eigenvalue weighted by Crippen LogP contribution is -2.37. The van der Waals surface area contributed by atoms with E-state index in [-0.39, 0.29) is 11.3 Å². The first-order valence-electron chi connectivity index (χ1n) is 6.97. The Bertz CT molecular complexity index is 615. The largest absolute Gasteiger partial charge is 0.321 e. The SMILES string of the molecule is Cc1cnc(CN2C(=O)CCSC2c2ccccc2)cn1. The molecule has 2 aromatic rings. The topological polar surface area (TPSA) is 46.1 Å². The average Bonchev–Trinajstić information content (AvgIpc) is 2.52. The van der Waals surface area contributed by atoms with Gasteiger partial charge < -0.3 is 4.90 Å². The third-order valence-electron chi connectivity index (χ3n) is 3.45. The molecule has 0 bridgehead atoms. The number of amides is 1. The number of benzene rings is 1. The summed E-state index contributed by atoms with van der Waals surface area (Å²) in [6.45, 7) is 2.42. The number of nitrogens with zero attached hydrogens (tertiary/aromatic N) is 3. The fraction of sp³-hybridized carbons (Fsp3) is 0.312. The van der Waals surface area contributed by atoms with Crippen LogP contribution in [0.15, 0.2) is 42.7 Å². The fourth-order valence-electron chi connectivity index (χ4n) is 2.36. The van der Waals surface area contributed by atoms with E-state index < -0.39 is 0 Å². The Balaban J connectivity index is 1.84. The second kappa shape index (κ2) is 6.26. The van der Waals surface area contributed by atoms with Crippen LogP contribution in [0.25, 0.3) is 0 Å². The summed E-state index contributed by atoms with van der Waals surface area (Å²) in [5, 5.41) is 0.0653. The van der Waals surface area contributed by atoms with Crippen LogP contribution in [-0.2, 0) is 11.3 Å². The maximum Gasteiger partial charge on any atom is 0.224 e. The predicted octanol–water partition coefficient (Wildman–Crippen LogP) is 2.95. The Labute approximate surface area is 128 Å². The van der Waals surface area contributed by atoms with Gasteiger partial charge in [-0.3, -0.25) is 14.8 Å². The third kappa shape index (κ3) is 3.24. The highest BCUT2D eigenvalue weighted by molar-refractivity contribution is 7.99. The molecule has 21 heavy (non-hydrogen) atoms. The van der Waals surface area contributed by atoms with Crippen LogP contribution in [0.5, 0.6) is 0 Å². The highest BCUT2D eigenvalue weighted by Crippen LogP contribution is 2.37. The van der Waals surface area contributed by atoms with Crippen molar-refractivity contribution in [2.75, 3.05) is 5.75 Å². The van der Waals surface area contributed by atoms with Crippen LogP contribution in [0.1, 0.15) is 28.7 Å². The molecule has 3 rings (SSSR count). The second-order valence-corrected chi connectivity index (χ2v) is 6.24. The molecule has 0 aliphatic carbocycles. The lowest BCUT2D eigenvalue weighted by molar-refractivity contribution is -0.132. The maximum atomic E-state index is 12.3. The van der Waals surface area contributed by atoms with E-state index in [1.54, 1.807) is 12.4 Å². The molecule has 0 spiro atoms. The van der Waals surface area contributed by atoms with Crippen molar-refractivity contribution in [3.63, 3.8) is 0 Å². The van der Waals surface area contributed by atoms with Crippen molar-refractivity contribution >= 4 is 17.7 Å². The molecule has 1 amide bonds. The van der Waals surface area contributed by atoms with Crippen molar-refractivity contribution in [3.8, 4) is 0 Å². The van der Waals surface area contributed by atoms with E-state index >= 15 is 0 Å². The van der Waals surface area contributed by atoms with Gasteiger partial charge in [-0.2, -0.15) is 0 Å². The molecule has 5 heteroatoms. The van der Waals surface area contributed by atoms with Gasteiger partial charge in [-0.1, -0.05) is 30.3 Å². The average molecular weight is 299 g/mol. The van der Waals surface area contributed by atoms with Crippen molar-refractivity contribution in [2.24, 2.45) is 0 Å². The lowest BCUT2D eigenvalue weighted by atomic mass is 10.2. The van der Waals surface area contributed by atoms with Gasteiger partial charge >= 0.3 is 0 Å². The van der Waals surface area contributed by atoms with Crippen molar-refractivity contribution in [1.82, 2.24) is 14.9 Å². The molecule has 2 heterocycles. The number of carbonyl (C=O) groups excluding carboxylic acids is 1. The van der Waals surface area contributed by atoms with Crippen LogP contribution in [0.4, 0.5) is 0 Å². The van der Waals surface area contributed by atoms with Crippen molar-refractivity contribution in [2.45, 2.75) is 25.3 Å². The first kappa shape index (κ1) is 14.1. The van der Waals surface area contributed by atoms with E-state index in [2.05, 4.69) is 22.1 Å². The third-order valence-corrected chi connectivity index (χ3v) is 4.73. The van der Waals surface area contributed by atoms with Gasteiger partial charge in [0.2, 0.25) is 5.91 Å². The van der Waals surface area contributed by atoms with Gasteiger partial charge in [0, 0.05) is 18.4 Å². The summed E-state index contributed by atoms with van der Waals surface area (Å²) in [4.78, 5) is 22.8. The van der Waals surface area contributed by atoms with E-state index in [1.807, 2.05) is 41.8 Å². The van der Waals surface area contributed by atoms with Crippen molar-refractivity contribution in [3.05, 3.63) is 59.7 Å². The zero-order chi connectivity index (χ0) is 14.7. The zero-order valence-electron chi connectivity index (χ0n) is 11.9. The fourth-order valence-corrected chi connectivity index (χ4v) is 3.60. The Morgan fingerprint density at radius 1 is 1.24 bits per heavy atom. The number of carbonyl (C=O) groups is 1. The van der Waals surface area contributed by atoms with E-state index in [4.69, 9.17) is 0 Å². The molecule has 1 unspecified atom stereocenters. The van der Waals surface area contributed by atoms with Crippen LogP contribution in [0, 0.1) is 6.92 Å². The van der Waals surface area contributed by atoms with Gasteiger partial charge in [-0.05, 0) is 12.5 Å². The number of rotatable bonds is 3. The molecule has 4 nitrogen and oxygen atoms in total. The van der Waals surface area contributed by atoms with Gasteiger partial charge in [0.1, 0.15) is 5.37 Å². The van der Waals surface area contributed by atoms with Crippen molar-refractivity contribution in [1.29, 1.82) is 0 Å². The Morgan fingerprint density at radius 2 is 2.05 bits per heavy atom. The maximum absolute atomic E-state index is 12.3. The summed E-state index contributed by atoms with van der Waals surface area (Å²) in [5.41, 5.74) is 2.88. The molecule has 1 aliphatic heterocycles. The standard InChI is InChI=1S/C16H17N3OS/c1-12-9-18-14(10-17-12)11-19-15(20)7-8-21-16(19)13-5-3-2-4-6-13/h2-6,9-10,16H,7-8,11H2,1H3. The lowest BCUT2D eigenvalue weighted by Gasteiger charge is -2.35. The minimum absolute atomic E-state index is 0.0653. The second-order valence-electron chi connectivity index (χ2n) is 5.05. The first-order valence-corrected chi connectivity index (χ1v) is 8.02. The summed E-state index contributed by atoms with van der Waals surface area (Å²) in [6, 6.07) is 10.2. The Morgan fingerprint density at radius 3 is 2.76 bits per heavy atom. The molecule has 1 fully saturated rings. The summed E-state index contributed by atoms with van der Waals surface area (Å²) in [6.07, 6.45) is 4.09. The number of hydrogen-bond acceptors (Lipinski definition) is 4. The molecule has 1 saturated heterocycles. The number of aromatic nitrogens is 2. The minimum Gasteiger partial charge on any atom is -0.321 e. The molecule has 1 aromatic carbocycles. The molecule has 108 valence electrons. The number of aryl methyl sites for hydroxylation is 1. The first-order chi connectivity index (χ1) is 10.2. The summed E-state index contributed by atoms with van der Waals surface area (Å²) < 4.78 is 0. The van der Waals surface area contributed by atoms with E-state index in [1.165, 1.54) is 0 Å². The molecule has 1 aliphatic rings. The van der Waals surface area contributed by atoms with Gasteiger partial charge in [0.25, 0.3) is 0 Å². The van der Waals surface area contributed by atoms with Gasteiger partial charge in [-0.15, -0.1) is 11.8 Å². The van der Waals surface area contributed by atoms with Gasteiger partial charge in [-0.25, -0.2) is 0 Å². The monoisotopic (exact) mass is 299 g/mol. The van der Waals surface area contributed by atoms with Crippen LogP contribution >= 0.6 is 11.8 Å². The summed E-state index contributed by atoms with van der Waals surface area (Å²) >= 11 is 1.81. The number of thioether (sulfide) groups is 1. The highest BCUT2D eigenvalue weighted by Gasteiger charge is 2.30. The molecule has 1 atom stereocenters. The van der Waals surface area contributed by atoms with Gasteiger partial charge in [0.05, 0.1) is 24.1 Å².